The number of unbranched alkanes of at least 4 members (excludes halogenated alkanes) is 3. The molecule has 0 spiro atoms. The van der Waals surface area contributed by atoms with Gasteiger partial charge in [-0.3, -0.25) is 0 Å². The van der Waals surface area contributed by atoms with E-state index >= 15 is 0 Å². The van der Waals surface area contributed by atoms with Crippen LogP contribution in [0.5, 0.6) is 0 Å². The highest BCUT2D eigenvalue weighted by molar-refractivity contribution is 6.30. The lowest BCUT2D eigenvalue weighted by atomic mass is 10.2. The maximum atomic E-state index is 13.3. The number of pyridine rings is 1. The van der Waals surface area contributed by atoms with E-state index in [2.05, 4.69) is 10.3 Å². The Bertz CT molecular complexity index is 320. The molecule has 0 saturated carbocycles. The fourth-order valence-electron chi connectivity index (χ4n) is 1.37. The van der Waals surface area contributed by atoms with Crippen LogP contribution < -0.4 is 11.1 Å². The van der Waals surface area contributed by atoms with E-state index in [-0.39, 0.29) is 5.82 Å². The van der Waals surface area contributed by atoms with Crippen molar-refractivity contribution in [2.75, 3.05) is 18.4 Å². The van der Waals surface area contributed by atoms with Crippen molar-refractivity contribution >= 4 is 17.4 Å². The molecule has 0 atom stereocenters. The lowest BCUT2D eigenvalue weighted by molar-refractivity contribution is 0.620. The first-order valence-electron chi connectivity index (χ1n) is 5.49. The van der Waals surface area contributed by atoms with Gasteiger partial charge in [-0.25, -0.2) is 9.37 Å². The van der Waals surface area contributed by atoms with Gasteiger partial charge in [-0.05, 0) is 25.5 Å². The molecule has 0 unspecified atom stereocenters. The number of rotatable bonds is 7. The number of nitrogens with one attached hydrogen (secondary N) is 1. The summed E-state index contributed by atoms with van der Waals surface area (Å²) in [4.78, 5) is 3.87. The molecule has 5 heteroatoms. The molecule has 0 aliphatic carbocycles. The predicted molar refractivity (Wildman–Crippen MR) is 65.2 cm³/mol. The number of hydrogen-bond acceptors (Lipinski definition) is 3. The first kappa shape index (κ1) is 13.2. The largest absolute Gasteiger partial charge is 0.368 e. The third-order valence-corrected chi connectivity index (χ3v) is 2.44. The Morgan fingerprint density at radius 2 is 2.06 bits per heavy atom. The van der Waals surface area contributed by atoms with Crippen molar-refractivity contribution in [3.05, 3.63) is 23.1 Å². The minimum absolute atomic E-state index is 0.267. The molecule has 1 aromatic rings. The first-order valence-corrected chi connectivity index (χ1v) is 5.87. The second kappa shape index (κ2) is 7.41. The Morgan fingerprint density at radius 3 is 2.75 bits per heavy atom. The number of halogens is 2. The average Bonchev–Trinajstić information content (AvgIpc) is 2.26. The monoisotopic (exact) mass is 245 g/mol. The van der Waals surface area contributed by atoms with E-state index in [1.807, 2.05) is 0 Å². The lowest BCUT2D eigenvalue weighted by Gasteiger charge is -2.06. The van der Waals surface area contributed by atoms with Gasteiger partial charge in [0.25, 0.3) is 0 Å². The van der Waals surface area contributed by atoms with Gasteiger partial charge in [0.1, 0.15) is 0 Å². The molecule has 0 fully saturated rings. The molecule has 1 heterocycles. The van der Waals surface area contributed by atoms with Crippen LogP contribution in [0, 0.1) is 5.82 Å². The summed E-state index contributed by atoms with van der Waals surface area (Å²) in [6.07, 6.45) is 5.69. The Balaban J connectivity index is 2.21. The summed E-state index contributed by atoms with van der Waals surface area (Å²) in [7, 11) is 0. The molecule has 90 valence electrons. The van der Waals surface area contributed by atoms with Crippen LogP contribution in [0.4, 0.5) is 10.2 Å². The van der Waals surface area contributed by atoms with Crippen LogP contribution in [0.15, 0.2) is 12.3 Å². The molecule has 3 nitrogen and oxygen atoms in total. The van der Waals surface area contributed by atoms with Crippen molar-refractivity contribution in [2.45, 2.75) is 25.7 Å². The Hall–Kier alpha value is -0.870. The fourth-order valence-corrected chi connectivity index (χ4v) is 1.52. The summed E-state index contributed by atoms with van der Waals surface area (Å²) < 4.78 is 13.3. The Morgan fingerprint density at radius 1 is 1.31 bits per heavy atom. The third kappa shape index (κ3) is 4.77. The standard InChI is InChI=1S/C11H17ClFN3/c12-9-7-10(13)11(16-8-9)15-6-4-2-1-3-5-14/h7-8H,1-6,14H2,(H,15,16). The third-order valence-electron chi connectivity index (χ3n) is 2.23. The summed E-state index contributed by atoms with van der Waals surface area (Å²) >= 11 is 5.59. The lowest BCUT2D eigenvalue weighted by Crippen LogP contribution is -2.05. The van der Waals surface area contributed by atoms with E-state index in [0.717, 1.165) is 38.8 Å². The molecule has 16 heavy (non-hydrogen) atoms. The predicted octanol–water partition coefficient (Wildman–Crippen LogP) is 2.81. The van der Waals surface area contributed by atoms with Crippen molar-refractivity contribution < 1.29 is 4.39 Å². The van der Waals surface area contributed by atoms with Gasteiger partial charge in [-0.2, -0.15) is 0 Å². The molecule has 3 N–H and O–H groups in total. The Labute approximate surface area is 100 Å². The molecular weight excluding hydrogens is 229 g/mol. The van der Waals surface area contributed by atoms with Crippen LogP contribution >= 0.6 is 11.6 Å². The van der Waals surface area contributed by atoms with Gasteiger partial charge in [0.15, 0.2) is 11.6 Å². The zero-order valence-electron chi connectivity index (χ0n) is 9.18. The summed E-state index contributed by atoms with van der Waals surface area (Å²) in [5.74, 6) is -0.141. The van der Waals surface area contributed by atoms with Gasteiger partial charge in [0.05, 0.1) is 5.02 Å². The van der Waals surface area contributed by atoms with Gasteiger partial charge in [0, 0.05) is 12.7 Å². The number of hydrogen-bond donors (Lipinski definition) is 2. The summed E-state index contributed by atoms with van der Waals surface area (Å²) in [5.41, 5.74) is 5.38. The topological polar surface area (TPSA) is 50.9 Å². The van der Waals surface area contributed by atoms with E-state index < -0.39 is 5.82 Å². The highest BCUT2D eigenvalue weighted by atomic mass is 35.5. The minimum atomic E-state index is -0.408. The van der Waals surface area contributed by atoms with E-state index in [0.29, 0.717) is 5.02 Å². The zero-order valence-corrected chi connectivity index (χ0v) is 9.93. The summed E-state index contributed by atoms with van der Waals surface area (Å²) in [6.45, 7) is 1.46. The quantitative estimate of drug-likeness (QED) is 0.727. The van der Waals surface area contributed by atoms with Crippen LogP contribution in [0.2, 0.25) is 5.02 Å². The smallest absolute Gasteiger partial charge is 0.166 e. The van der Waals surface area contributed by atoms with Crippen molar-refractivity contribution in [1.82, 2.24) is 4.98 Å². The highest BCUT2D eigenvalue weighted by Gasteiger charge is 2.02. The molecule has 0 bridgehead atoms. The SMILES string of the molecule is NCCCCCCNc1ncc(Cl)cc1F. The second-order valence-electron chi connectivity index (χ2n) is 3.61. The molecular formula is C11H17ClFN3. The van der Waals surface area contributed by atoms with Crippen molar-refractivity contribution in [2.24, 2.45) is 5.73 Å². The molecule has 0 saturated heterocycles. The fraction of sp³-hybridized carbons (Fsp3) is 0.545. The highest BCUT2D eigenvalue weighted by Crippen LogP contribution is 2.15. The Kier molecular flexibility index (Phi) is 6.11. The summed E-state index contributed by atoms with van der Waals surface area (Å²) in [5, 5.41) is 3.25. The van der Waals surface area contributed by atoms with E-state index in [1.54, 1.807) is 0 Å². The van der Waals surface area contributed by atoms with Gasteiger partial charge < -0.3 is 11.1 Å². The summed E-state index contributed by atoms with van der Waals surface area (Å²) in [6, 6.07) is 1.26. The number of aromatic nitrogens is 1. The molecule has 1 aromatic heterocycles. The molecule has 0 amide bonds. The minimum Gasteiger partial charge on any atom is -0.368 e. The van der Waals surface area contributed by atoms with Gasteiger partial charge in [-0.15, -0.1) is 0 Å². The van der Waals surface area contributed by atoms with Crippen LogP contribution in [0.3, 0.4) is 0 Å². The molecule has 0 aliphatic heterocycles. The number of anilines is 1. The van der Waals surface area contributed by atoms with Gasteiger partial charge in [0.2, 0.25) is 0 Å². The average molecular weight is 246 g/mol. The van der Waals surface area contributed by atoms with Crippen LogP contribution in [0.1, 0.15) is 25.7 Å². The van der Waals surface area contributed by atoms with Crippen molar-refractivity contribution in [3.8, 4) is 0 Å². The molecule has 0 radical (unpaired) electrons. The van der Waals surface area contributed by atoms with Crippen LogP contribution in [-0.2, 0) is 0 Å². The van der Waals surface area contributed by atoms with Crippen molar-refractivity contribution in [1.29, 1.82) is 0 Å². The van der Waals surface area contributed by atoms with E-state index in [4.69, 9.17) is 17.3 Å². The van der Waals surface area contributed by atoms with Gasteiger partial charge >= 0.3 is 0 Å². The van der Waals surface area contributed by atoms with Crippen LogP contribution in [-0.4, -0.2) is 18.1 Å². The van der Waals surface area contributed by atoms with Gasteiger partial charge in [-0.1, -0.05) is 24.4 Å². The second-order valence-corrected chi connectivity index (χ2v) is 4.05. The van der Waals surface area contributed by atoms with E-state index in [9.17, 15) is 4.39 Å². The molecule has 1 rings (SSSR count). The van der Waals surface area contributed by atoms with Crippen LogP contribution in [0.25, 0.3) is 0 Å². The maximum absolute atomic E-state index is 13.3. The van der Waals surface area contributed by atoms with Crippen molar-refractivity contribution in [3.63, 3.8) is 0 Å². The maximum Gasteiger partial charge on any atom is 0.166 e. The van der Waals surface area contributed by atoms with E-state index in [1.165, 1.54) is 12.3 Å². The number of nitrogens with zero attached hydrogens (tertiary/aromatic N) is 1. The molecule has 0 aliphatic rings. The first-order chi connectivity index (χ1) is 7.74. The molecule has 0 aromatic carbocycles. The zero-order chi connectivity index (χ0) is 11.8. The number of nitrogens with two attached hydrogens (primary N) is 1. The normalized spacial score (nSPS) is 10.4.